The molecule has 0 saturated heterocycles. The van der Waals surface area contributed by atoms with Gasteiger partial charge in [0.25, 0.3) is 7.82 Å². The number of nitrogens with zero attached hydrogens (tertiary/aromatic N) is 1. The van der Waals surface area contributed by atoms with Gasteiger partial charge in [-0.3, -0.25) is 9.36 Å². The van der Waals surface area contributed by atoms with E-state index in [1.807, 2.05) is 27.2 Å². The number of phosphoric ester groups is 1. The monoisotopic (exact) mass is 907 g/mol. The van der Waals surface area contributed by atoms with Gasteiger partial charge in [0.05, 0.1) is 39.9 Å². The Balaban J connectivity index is 4.24. The Labute approximate surface area is 390 Å². The molecule has 2 N–H and O–H groups in total. The SMILES string of the molecule is CCCCCCC/C=C/CC/C=C/CC/C=C/C(O)C(COP(=O)([O-])OCC[N+](C)(C)C)NC(=O)CCCCCCCCCCCC/C=C\CCCCCCCCCCCCCC. The fourth-order valence-electron chi connectivity index (χ4n) is 7.53. The molecule has 0 saturated carbocycles. The van der Waals surface area contributed by atoms with Crippen LogP contribution in [0.3, 0.4) is 0 Å². The number of rotatable bonds is 48. The van der Waals surface area contributed by atoms with Gasteiger partial charge in [-0.05, 0) is 70.6 Å². The van der Waals surface area contributed by atoms with Gasteiger partial charge in [0.15, 0.2) is 0 Å². The summed E-state index contributed by atoms with van der Waals surface area (Å²) in [5, 5.41) is 13.8. The van der Waals surface area contributed by atoms with Crippen molar-refractivity contribution in [2.75, 3.05) is 40.9 Å². The zero-order valence-corrected chi connectivity index (χ0v) is 42.9. The Kier molecular flexibility index (Phi) is 44.5. The van der Waals surface area contributed by atoms with E-state index in [1.54, 1.807) is 6.08 Å². The summed E-state index contributed by atoms with van der Waals surface area (Å²) in [6.07, 6.45) is 59.0. The molecule has 0 aromatic carbocycles. The van der Waals surface area contributed by atoms with Gasteiger partial charge in [0.2, 0.25) is 5.91 Å². The number of allylic oxidation sites excluding steroid dienone is 7. The molecule has 3 atom stereocenters. The molecule has 1 amide bonds. The number of hydrogen-bond donors (Lipinski definition) is 2. The maximum Gasteiger partial charge on any atom is 0.268 e. The van der Waals surface area contributed by atoms with Crippen LogP contribution in [0.15, 0.2) is 48.6 Å². The van der Waals surface area contributed by atoms with Crippen molar-refractivity contribution in [3.8, 4) is 0 Å². The van der Waals surface area contributed by atoms with Crippen LogP contribution in [0.1, 0.15) is 239 Å². The van der Waals surface area contributed by atoms with Gasteiger partial charge in [-0.15, -0.1) is 0 Å². The average molecular weight is 907 g/mol. The molecular weight excluding hydrogens is 804 g/mol. The third kappa shape index (κ3) is 48.2. The first-order chi connectivity index (χ1) is 30.5. The van der Waals surface area contributed by atoms with E-state index < -0.39 is 26.6 Å². The van der Waals surface area contributed by atoms with Crippen LogP contribution in [-0.2, 0) is 18.4 Å². The van der Waals surface area contributed by atoms with Crippen molar-refractivity contribution >= 4 is 13.7 Å². The van der Waals surface area contributed by atoms with E-state index >= 15 is 0 Å². The van der Waals surface area contributed by atoms with Crippen molar-refractivity contribution < 1.29 is 32.9 Å². The van der Waals surface area contributed by atoms with Crippen LogP contribution >= 0.6 is 7.82 Å². The van der Waals surface area contributed by atoms with Gasteiger partial charge >= 0.3 is 0 Å². The molecule has 0 aromatic heterocycles. The van der Waals surface area contributed by atoms with E-state index in [1.165, 1.54) is 173 Å². The number of likely N-dealkylation sites (N-methyl/N-ethyl adjacent to an activating group) is 1. The minimum absolute atomic E-state index is 0.00980. The first kappa shape index (κ1) is 61.5. The highest BCUT2D eigenvalue weighted by Crippen LogP contribution is 2.38. The highest BCUT2D eigenvalue weighted by molar-refractivity contribution is 7.45. The quantitative estimate of drug-likeness (QED) is 0.0272. The van der Waals surface area contributed by atoms with Gasteiger partial charge in [-0.1, -0.05) is 210 Å². The van der Waals surface area contributed by atoms with Crippen LogP contribution in [0.25, 0.3) is 0 Å². The number of amides is 1. The highest BCUT2D eigenvalue weighted by atomic mass is 31.2. The lowest BCUT2D eigenvalue weighted by Crippen LogP contribution is -2.45. The predicted octanol–water partition coefficient (Wildman–Crippen LogP) is 15.0. The molecule has 0 aliphatic rings. The molecule has 0 aromatic rings. The molecule has 0 rings (SSSR count). The molecule has 0 radical (unpaired) electrons. The van der Waals surface area contributed by atoms with Crippen LogP contribution in [0.4, 0.5) is 0 Å². The lowest BCUT2D eigenvalue weighted by molar-refractivity contribution is -0.870. The van der Waals surface area contributed by atoms with Crippen molar-refractivity contribution in [1.29, 1.82) is 0 Å². The number of aliphatic hydroxyl groups excluding tert-OH is 1. The lowest BCUT2D eigenvalue weighted by atomic mass is 10.0. The summed E-state index contributed by atoms with van der Waals surface area (Å²) < 4.78 is 23.2. The molecular formula is C54H103N2O6P. The molecule has 0 spiro atoms. The summed E-state index contributed by atoms with van der Waals surface area (Å²) in [7, 11) is 1.23. The Morgan fingerprint density at radius 3 is 1.29 bits per heavy atom. The molecule has 0 aliphatic heterocycles. The lowest BCUT2D eigenvalue weighted by Gasteiger charge is -2.29. The van der Waals surface area contributed by atoms with Gasteiger partial charge in [-0.2, -0.15) is 0 Å². The number of unbranched alkanes of at least 4 members (excludes halogenated alkanes) is 29. The second-order valence-corrected chi connectivity index (χ2v) is 20.6. The summed E-state index contributed by atoms with van der Waals surface area (Å²) in [4.78, 5) is 25.4. The van der Waals surface area contributed by atoms with E-state index in [9.17, 15) is 19.4 Å². The molecule has 63 heavy (non-hydrogen) atoms. The van der Waals surface area contributed by atoms with Gasteiger partial charge < -0.3 is 28.8 Å². The molecule has 370 valence electrons. The van der Waals surface area contributed by atoms with Gasteiger partial charge in [0.1, 0.15) is 13.2 Å². The number of phosphoric acid groups is 1. The minimum atomic E-state index is -4.60. The predicted molar refractivity (Wildman–Crippen MR) is 270 cm³/mol. The van der Waals surface area contributed by atoms with Crippen LogP contribution in [0, 0.1) is 0 Å². The number of hydrogen-bond acceptors (Lipinski definition) is 6. The summed E-state index contributed by atoms with van der Waals surface area (Å²) in [6.45, 7) is 4.61. The zero-order valence-electron chi connectivity index (χ0n) is 42.0. The van der Waals surface area contributed by atoms with Crippen LogP contribution in [0.5, 0.6) is 0 Å². The van der Waals surface area contributed by atoms with Crippen LogP contribution < -0.4 is 10.2 Å². The zero-order chi connectivity index (χ0) is 46.4. The van der Waals surface area contributed by atoms with Gasteiger partial charge in [0, 0.05) is 6.42 Å². The molecule has 0 fully saturated rings. The largest absolute Gasteiger partial charge is 0.756 e. The van der Waals surface area contributed by atoms with Crippen molar-refractivity contribution in [3.05, 3.63) is 48.6 Å². The maximum atomic E-state index is 12.9. The van der Waals surface area contributed by atoms with E-state index in [0.29, 0.717) is 17.4 Å². The first-order valence-corrected chi connectivity index (χ1v) is 28.0. The Morgan fingerprint density at radius 1 is 0.540 bits per heavy atom. The number of nitrogens with one attached hydrogen (secondary N) is 1. The summed E-state index contributed by atoms with van der Waals surface area (Å²) in [5.74, 6) is -0.213. The number of quaternary nitrogens is 1. The minimum Gasteiger partial charge on any atom is -0.756 e. The molecule has 0 bridgehead atoms. The van der Waals surface area contributed by atoms with E-state index in [2.05, 4.69) is 55.6 Å². The number of carbonyl (C=O) groups excluding carboxylic acids is 1. The Hall–Kier alpha value is -1.54. The number of aliphatic hydroxyl groups is 1. The van der Waals surface area contributed by atoms with Crippen molar-refractivity contribution in [2.24, 2.45) is 0 Å². The van der Waals surface area contributed by atoms with E-state index in [0.717, 1.165) is 44.9 Å². The van der Waals surface area contributed by atoms with E-state index in [-0.39, 0.29) is 12.5 Å². The normalized spacial score (nSPS) is 14.5. The summed E-state index contributed by atoms with van der Waals surface area (Å²) >= 11 is 0. The standard InChI is InChI=1S/C54H103N2O6P/c1-6-8-10-12-14-16-18-20-22-23-24-25-26-27-28-29-30-31-32-34-36-38-40-42-44-46-48-54(58)55-52(51-62-63(59,60)61-50-49-56(3,4)5)53(57)47-45-43-41-39-37-35-33-21-19-17-15-13-11-9-7-2/h19,21,27-28,37,39,45,47,52-53,57H,6-18,20,22-26,29-36,38,40-44,46,48-51H2,1-5H3,(H-,55,58,59,60)/b21-19+,28-27-,39-37+,47-45+. The summed E-state index contributed by atoms with van der Waals surface area (Å²) in [5.41, 5.74) is 0. The van der Waals surface area contributed by atoms with Crippen molar-refractivity contribution in [3.63, 3.8) is 0 Å². The topological polar surface area (TPSA) is 108 Å². The first-order valence-electron chi connectivity index (χ1n) is 26.5. The average Bonchev–Trinajstić information content (AvgIpc) is 3.24. The Morgan fingerprint density at radius 2 is 0.889 bits per heavy atom. The third-order valence-corrected chi connectivity index (χ3v) is 12.7. The molecule has 9 heteroatoms. The molecule has 3 unspecified atom stereocenters. The fourth-order valence-corrected chi connectivity index (χ4v) is 8.26. The number of carbonyl (C=O) groups is 1. The van der Waals surface area contributed by atoms with Crippen molar-refractivity contribution in [1.82, 2.24) is 5.32 Å². The second kappa shape index (κ2) is 45.6. The summed E-state index contributed by atoms with van der Waals surface area (Å²) in [6, 6.07) is -0.910. The fraction of sp³-hybridized carbons (Fsp3) is 0.833. The maximum absolute atomic E-state index is 12.9. The molecule has 0 aliphatic carbocycles. The van der Waals surface area contributed by atoms with Crippen molar-refractivity contribution in [2.45, 2.75) is 251 Å². The molecule has 0 heterocycles. The smallest absolute Gasteiger partial charge is 0.268 e. The third-order valence-electron chi connectivity index (χ3n) is 11.7. The molecule has 8 nitrogen and oxygen atoms in total. The van der Waals surface area contributed by atoms with Crippen LogP contribution in [-0.4, -0.2) is 68.5 Å². The second-order valence-electron chi connectivity index (χ2n) is 19.2. The van der Waals surface area contributed by atoms with Crippen LogP contribution in [0.2, 0.25) is 0 Å². The van der Waals surface area contributed by atoms with E-state index in [4.69, 9.17) is 9.05 Å². The van der Waals surface area contributed by atoms with Gasteiger partial charge in [-0.25, -0.2) is 0 Å². The Bertz CT molecular complexity index is 1170. The highest BCUT2D eigenvalue weighted by Gasteiger charge is 2.23.